The van der Waals surface area contributed by atoms with E-state index in [1.807, 2.05) is 29.2 Å². The highest BCUT2D eigenvalue weighted by Crippen LogP contribution is 2.28. The number of hydrogen-bond acceptors (Lipinski definition) is 2. The Labute approximate surface area is 160 Å². The van der Waals surface area contributed by atoms with Gasteiger partial charge in [-0.15, -0.1) is 0 Å². The van der Waals surface area contributed by atoms with Crippen molar-refractivity contribution in [3.63, 3.8) is 0 Å². The number of carbonyl (C=O) groups excluding carboxylic acids is 1. The number of nitrogens with zero attached hydrogens (tertiary/aromatic N) is 2. The van der Waals surface area contributed by atoms with Crippen LogP contribution in [0.4, 0.5) is 10.5 Å². The molecule has 1 aliphatic rings. The molecule has 26 heavy (non-hydrogen) atoms. The Kier molecular flexibility index (Phi) is 6.04. The van der Waals surface area contributed by atoms with Crippen molar-refractivity contribution in [2.75, 3.05) is 31.1 Å². The van der Waals surface area contributed by atoms with Gasteiger partial charge >= 0.3 is 6.03 Å². The van der Waals surface area contributed by atoms with Gasteiger partial charge in [0.2, 0.25) is 0 Å². The molecule has 2 aromatic carbocycles. The smallest absolute Gasteiger partial charge is 0.317 e. The van der Waals surface area contributed by atoms with Crippen LogP contribution in [-0.2, 0) is 6.54 Å². The van der Waals surface area contributed by atoms with Crippen LogP contribution in [0.5, 0.6) is 0 Å². The van der Waals surface area contributed by atoms with E-state index in [9.17, 15) is 4.79 Å². The number of nitrogens with one attached hydrogen (secondary N) is 1. The molecule has 0 bridgehead atoms. The minimum Gasteiger partial charge on any atom is -0.368 e. The van der Waals surface area contributed by atoms with E-state index in [1.54, 1.807) is 0 Å². The quantitative estimate of drug-likeness (QED) is 0.859. The largest absolute Gasteiger partial charge is 0.368 e. The van der Waals surface area contributed by atoms with Gasteiger partial charge in [-0.2, -0.15) is 0 Å². The zero-order valence-corrected chi connectivity index (χ0v) is 16.2. The van der Waals surface area contributed by atoms with E-state index in [4.69, 9.17) is 11.6 Å². The Morgan fingerprint density at radius 3 is 2.35 bits per heavy atom. The van der Waals surface area contributed by atoms with Crippen molar-refractivity contribution in [3.8, 4) is 0 Å². The minimum absolute atomic E-state index is 0.00301. The highest BCUT2D eigenvalue weighted by atomic mass is 35.5. The number of anilines is 1. The zero-order chi connectivity index (χ0) is 18.5. The van der Waals surface area contributed by atoms with Crippen LogP contribution in [0.2, 0.25) is 5.02 Å². The highest BCUT2D eigenvalue weighted by molar-refractivity contribution is 6.30. The van der Waals surface area contributed by atoms with Gasteiger partial charge in [0.25, 0.3) is 0 Å². The summed E-state index contributed by atoms with van der Waals surface area (Å²) in [6.07, 6.45) is 0. The van der Waals surface area contributed by atoms with Gasteiger partial charge in [0.15, 0.2) is 0 Å². The number of urea groups is 1. The van der Waals surface area contributed by atoms with Crippen LogP contribution in [0, 0.1) is 0 Å². The number of halogens is 1. The molecule has 2 aromatic rings. The summed E-state index contributed by atoms with van der Waals surface area (Å²) in [6.45, 7) is 8.15. The first kappa shape index (κ1) is 18.6. The molecule has 5 heteroatoms. The molecule has 3 rings (SSSR count). The molecule has 0 aromatic heterocycles. The topological polar surface area (TPSA) is 35.6 Å². The summed E-state index contributed by atoms with van der Waals surface area (Å²) in [7, 11) is 0. The fourth-order valence-corrected chi connectivity index (χ4v) is 3.43. The van der Waals surface area contributed by atoms with Crippen LogP contribution in [0.1, 0.15) is 30.9 Å². The molecule has 1 heterocycles. The SMILES string of the molecule is CC(C)c1ccccc1N1CCN(C(=O)NCc2ccc(Cl)cc2)CC1. The lowest BCUT2D eigenvalue weighted by Crippen LogP contribution is -2.51. The molecule has 1 saturated heterocycles. The summed E-state index contributed by atoms with van der Waals surface area (Å²) >= 11 is 5.89. The van der Waals surface area contributed by atoms with E-state index in [0.29, 0.717) is 17.5 Å². The molecular weight excluding hydrogens is 346 g/mol. The first-order valence-electron chi connectivity index (χ1n) is 9.15. The average Bonchev–Trinajstić information content (AvgIpc) is 2.67. The Bertz CT molecular complexity index is 737. The van der Waals surface area contributed by atoms with Gasteiger partial charge < -0.3 is 15.1 Å². The number of hydrogen-bond donors (Lipinski definition) is 1. The predicted octanol–water partition coefficient (Wildman–Crippen LogP) is 4.50. The zero-order valence-electron chi connectivity index (χ0n) is 15.4. The van der Waals surface area contributed by atoms with E-state index in [-0.39, 0.29) is 6.03 Å². The molecule has 0 atom stereocenters. The predicted molar refractivity (Wildman–Crippen MR) is 108 cm³/mol. The number of carbonyl (C=O) groups is 1. The van der Waals surface area contributed by atoms with Gasteiger partial charge in [0, 0.05) is 43.4 Å². The maximum absolute atomic E-state index is 12.4. The Morgan fingerprint density at radius 2 is 1.69 bits per heavy atom. The van der Waals surface area contributed by atoms with Crippen molar-refractivity contribution in [2.45, 2.75) is 26.3 Å². The molecule has 0 saturated carbocycles. The summed E-state index contributed by atoms with van der Waals surface area (Å²) in [6, 6.07) is 16.1. The average molecular weight is 372 g/mol. The number of benzene rings is 2. The summed E-state index contributed by atoms with van der Waals surface area (Å²) in [5.41, 5.74) is 3.71. The van der Waals surface area contributed by atoms with Crippen LogP contribution in [0.25, 0.3) is 0 Å². The van der Waals surface area contributed by atoms with Gasteiger partial charge in [-0.3, -0.25) is 0 Å². The summed E-state index contributed by atoms with van der Waals surface area (Å²) in [5, 5.41) is 3.70. The van der Waals surface area contributed by atoms with Gasteiger partial charge in [0.05, 0.1) is 0 Å². The molecule has 1 aliphatic heterocycles. The molecule has 1 N–H and O–H groups in total. The van der Waals surface area contributed by atoms with Gasteiger partial charge in [-0.05, 0) is 35.2 Å². The molecule has 0 radical (unpaired) electrons. The third kappa shape index (κ3) is 4.50. The first-order valence-corrected chi connectivity index (χ1v) is 9.53. The number of rotatable bonds is 4. The van der Waals surface area contributed by atoms with Crippen LogP contribution in [0.15, 0.2) is 48.5 Å². The molecule has 1 fully saturated rings. The van der Waals surface area contributed by atoms with Gasteiger partial charge in [0.1, 0.15) is 0 Å². The lowest BCUT2D eigenvalue weighted by Gasteiger charge is -2.37. The van der Waals surface area contributed by atoms with E-state index < -0.39 is 0 Å². The summed E-state index contributed by atoms with van der Waals surface area (Å²) in [5.74, 6) is 0.493. The number of para-hydroxylation sites is 1. The van der Waals surface area contributed by atoms with Crippen LogP contribution in [0.3, 0.4) is 0 Å². The summed E-state index contributed by atoms with van der Waals surface area (Å²) in [4.78, 5) is 16.7. The Morgan fingerprint density at radius 1 is 1.04 bits per heavy atom. The maximum atomic E-state index is 12.4. The van der Waals surface area contributed by atoms with Gasteiger partial charge in [-0.1, -0.05) is 55.8 Å². The minimum atomic E-state index is -0.00301. The van der Waals surface area contributed by atoms with E-state index >= 15 is 0 Å². The van der Waals surface area contributed by atoms with E-state index in [0.717, 1.165) is 31.7 Å². The third-order valence-corrected chi connectivity index (χ3v) is 5.08. The molecular formula is C21H26ClN3O. The lowest BCUT2D eigenvalue weighted by atomic mass is 10.00. The third-order valence-electron chi connectivity index (χ3n) is 4.82. The van der Waals surface area contributed by atoms with Crippen LogP contribution >= 0.6 is 11.6 Å². The van der Waals surface area contributed by atoms with Crippen molar-refractivity contribution >= 4 is 23.3 Å². The fourth-order valence-electron chi connectivity index (χ4n) is 3.31. The standard InChI is InChI=1S/C21H26ClN3O/c1-16(2)19-5-3-4-6-20(19)24-11-13-25(14-12-24)21(26)23-15-17-7-9-18(22)10-8-17/h3-10,16H,11-15H2,1-2H3,(H,23,26). The molecule has 2 amide bonds. The van der Waals surface area contributed by atoms with Crippen molar-refractivity contribution in [3.05, 3.63) is 64.7 Å². The second kappa shape index (κ2) is 8.45. The normalized spacial score (nSPS) is 14.6. The molecule has 4 nitrogen and oxygen atoms in total. The van der Waals surface area contributed by atoms with Crippen molar-refractivity contribution < 1.29 is 4.79 Å². The highest BCUT2D eigenvalue weighted by Gasteiger charge is 2.22. The van der Waals surface area contributed by atoms with E-state index in [1.165, 1.54) is 11.3 Å². The van der Waals surface area contributed by atoms with Gasteiger partial charge in [-0.25, -0.2) is 4.79 Å². The molecule has 0 unspecified atom stereocenters. The van der Waals surface area contributed by atoms with Crippen LogP contribution in [-0.4, -0.2) is 37.1 Å². The molecule has 0 aliphatic carbocycles. The van der Waals surface area contributed by atoms with E-state index in [2.05, 4.69) is 48.3 Å². The number of piperazine rings is 1. The maximum Gasteiger partial charge on any atom is 0.317 e. The molecule has 138 valence electrons. The second-order valence-electron chi connectivity index (χ2n) is 6.97. The van der Waals surface area contributed by atoms with Crippen molar-refractivity contribution in [1.29, 1.82) is 0 Å². The second-order valence-corrected chi connectivity index (χ2v) is 7.41. The monoisotopic (exact) mass is 371 g/mol. The van der Waals surface area contributed by atoms with Crippen LogP contribution < -0.4 is 10.2 Å². The fraction of sp³-hybridized carbons (Fsp3) is 0.381. The van der Waals surface area contributed by atoms with Crippen molar-refractivity contribution in [1.82, 2.24) is 10.2 Å². The summed E-state index contributed by atoms with van der Waals surface area (Å²) < 4.78 is 0. The Balaban J connectivity index is 1.53. The molecule has 0 spiro atoms. The first-order chi connectivity index (χ1) is 12.5. The lowest BCUT2D eigenvalue weighted by molar-refractivity contribution is 0.194. The number of amides is 2. The Hall–Kier alpha value is -2.20. The van der Waals surface area contributed by atoms with Crippen molar-refractivity contribution in [2.24, 2.45) is 0 Å².